The van der Waals surface area contributed by atoms with Gasteiger partial charge in [-0.15, -0.1) is 0 Å². The van der Waals surface area contributed by atoms with Crippen LogP contribution in [0.1, 0.15) is 78.6 Å². The molecule has 13 nitrogen and oxygen atoms in total. The van der Waals surface area contributed by atoms with Gasteiger partial charge in [-0.25, -0.2) is 14.6 Å². The number of hydrogen-bond acceptors (Lipinski definition) is 9. The van der Waals surface area contributed by atoms with E-state index in [9.17, 15) is 29.1 Å². The summed E-state index contributed by atoms with van der Waals surface area (Å²) in [7, 11) is 2.87. The van der Waals surface area contributed by atoms with Crippen LogP contribution in [0.3, 0.4) is 0 Å². The van der Waals surface area contributed by atoms with E-state index in [1.165, 1.54) is 7.11 Å². The van der Waals surface area contributed by atoms with Crippen molar-refractivity contribution in [3.05, 3.63) is 54.6 Å². The third kappa shape index (κ3) is 10.1. The SMILES string of the molecule is CCC[C@H](NC(=O)[C@@H]1C[C@@H](Oc2cc(-c3ccccc3)nc3cc(OC)ccc23)C[C@H]1C(=O)N[C@@H](C(=O)N[C@H](C(=O)OC)C1CCCCC1)C(C)C)C(=O)O. The molecule has 2 aromatic carbocycles. The van der Waals surface area contributed by atoms with E-state index in [1.54, 1.807) is 27.0 Å². The molecule has 13 heteroatoms. The number of amides is 3. The van der Waals surface area contributed by atoms with Gasteiger partial charge in [-0.2, -0.15) is 0 Å². The van der Waals surface area contributed by atoms with Crippen LogP contribution in [0.25, 0.3) is 22.2 Å². The Morgan fingerprint density at radius 1 is 0.873 bits per heavy atom. The second-order valence-electron chi connectivity index (χ2n) is 15.0. The molecule has 2 aliphatic carbocycles. The second kappa shape index (κ2) is 18.9. The number of rotatable bonds is 16. The Bertz CT molecular complexity index is 1830. The van der Waals surface area contributed by atoms with Crippen LogP contribution >= 0.6 is 0 Å². The Balaban J connectivity index is 1.43. The van der Waals surface area contributed by atoms with E-state index in [-0.39, 0.29) is 31.1 Å². The van der Waals surface area contributed by atoms with Crippen molar-refractivity contribution in [2.75, 3.05) is 14.2 Å². The summed E-state index contributed by atoms with van der Waals surface area (Å²) in [6, 6.07) is 13.9. The van der Waals surface area contributed by atoms with Crippen molar-refractivity contribution in [3.63, 3.8) is 0 Å². The summed E-state index contributed by atoms with van der Waals surface area (Å²) in [4.78, 5) is 71.7. The zero-order valence-corrected chi connectivity index (χ0v) is 32.3. The number of aromatic nitrogens is 1. The zero-order valence-electron chi connectivity index (χ0n) is 32.3. The molecule has 1 heterocycles. The largest absolute Gasteiger partial charge is 0.497 e. The third-order valence-electron chi connectivity index (χ3n) is 10.8. The number of carbonyl (C=O) groups is 5. The maximum Gasteiger partial charge on any atom is 0.328 e. The quantitative estimate of drug-likeness (QED) is 0.138. The molecule has 4 N–H and O–H groups in total. The summed E-state index contributed by atoms with van der Waals surface area (Å²) in [6.07, 6.45) is 4.88. The first-order valence-corrected chi connectivity index (χ1v) is 19.4. The minimum absolute atomic E-state index is 0.0763. The van der Waals surface area contributed by atoms with Gasteiger partial charge in [0.25, 0.3) is 0 Å². The fraction of sp³-hybridized carbons (Fsp3) is 0.524. The summed E-state index contributed by atoms with van der Waals surface area (Å²) in [5, 5.41) is 19.0. The highest BCUT2D eigenvalue weighted by Crippen LogP contribution is 2.39. The number of carboxylic acid groups (broad SMARTS) is 1. The molecule has 6 atom stereocenters. The zero-order chi connectivity index (χ0) is 39.6. The van der Waals surface area contributed by atoms with E-state index in [2.05, 4.69) is 16.0 Å². The number of fused-ring (bicyclic) bond motifs is 1. The predicted molar refractivity (Wildman–Crippen MR) is 206 cm³/mol. The van der Waals surface area contributed by atoms with Gasteiger partial charge >= 0.3 is 11.9 Å². The van der Waals surface area contributed by atoms with Gasteiger partial charge in [0.2, 0.25) is 17.7 Å². The highest BCUT2D eigenvalue weighted by atomic mass is 16.5. The number of carboxylic acids is 1. The number of carbonyl (C=O) groups excluding carboxylic acids is 4. The molecule has 3 aromatic rings. The summed E-state index contributed by atoms with van der Waals surface area (Å²) < 4.78 is 17.2. The molecular weight excluding hydrogens is 704 g/mol. The second-order valence-corrected chi connectivity index (χ2v) is 15.0. The number of nitrogens with one attached hydrogen (secondary N) is 3. The van der Waals surface area contributed by atoms with Gasteiger partial charge in [-0.3, -0.25) is 14.4 Å². The standard InChI is InChI=1S/C42H54N4O9/c1-6-13-32(41(50)51)44-38(47)30-20-28(55-35-23-33(25-14-9-7-10-15-25)43-34-22-27(53-4)18-19-29(34)35)21-31(30)39(48)45-36(24(2)3)40(49)46-37(42(52)54-5)26-16-11-8-12-17-26/h7,9-10,14-15,18-19,22-24,26,28,30-32,36-37H,6,8,11-13,16-17,20-21H2,1-5H3,(H,44,47)(H,45,48)(H,46,49)(H,50,51)/t28-,30-,31-,32+,36-,37+/m1/s1. The molecule has 0 bridgehead atoms. The Morgan fingerprint density at radius 2 is 1.55 bits per heavy atom. The van der Waals surface area contributed by atoms with Gasteiger partial charge in [-0.1, -0.05) is 76.8 Å². The number of hydrogen-bond donors (Lipinski definition) is 4. The molecule has 0 saturated heterocycles. The van der Waals surface area contributed by atoms with Crippen LogP contribution in [0, 0.1) is 23.7 Å². The Labute approximate surface area is 322 Å². The average molecular weight is 759 g/mol. The van der Waals surface area contributed by atoms with Gasteiger partial charge < -0.3 is 35.3 Å². The minimum atomic E-state index is -1.16. The lowest BCUT2D eigenvalue weighted by molar-refractivity contribution is -0.147. The summed E-state index contributed by atoms with van der Waals surface area (Å²) in [5.74, 6) is -4.55. The molecule has 55 heavy (non-hydrogen) atoms. The number of methoxy groups -OCH3 is 2. The highest BCUT2D eigenvalue weighted by molar-refractivity contribution is 5.94. The first-order valence-electron chi connectivity index (χ1n) is 19.4. The lowest BCUT2D eigenvalue weighted by atomic mass is 9.83. The normalized spacial score (nSPS) is 20.2. The molecule has 296 valence electrons. The first kappa shape index (κ1) is 41.0. The van der Waals surface area contributed by atoms with Crippen LogP contribution in [0.5, 0.6) is 11.5 Å². The number of ether oxygens (including phenoxy) is 3. The van der Waals surface area contributed by atoms with Crippen LogP contribution in [-0.4, -0.2) is 78.2 Å². The van der Waals surface area contributed by atoms with Crippen molar-refractivity contribution in [2.24, 2.45) is 23.7 Å². The lowest BCUT2D eigenvalue weighted by Crippen LogP contribution is -2.57. The van der Waals surface area contributed by atoms with Gasteiger partial charge in [-0.05, 0) is 56.1 Å². The van der Waals surface area contributed by atoms with E-state index in [0.717, 1.165) is 37.7 Å². The van der Waals surface area contributed by atoms with Crippen LogP contribution in [0.15, 0.2) is 54.6 Å². The number of aliphatic carboxylic acids is 1. The summed E-state index contributed by atoms with van der Waals surface area (Å²) >= 11 is 0. The highest BCUT2D eigenvalue weighted by Gasteiger charge is 2.46. The van der Waals surface area contributed by atoms with Crippen molar-refractivity contribution in [1.82, 2.24) is 20.9 Å². The number of benzene rings is 2. The monoisotopic (exact) mass is 758 g/mol. The predicted octanol–water partition coefficient (Wildman–Crippen LogP) is 5.43. The molecule has 0 spiro atoms. The van der Waals surface area contributed by atoms with Crippen molar-refractivity contribution < 1.29 is 43.3 Å². The molecule has 0 radical (unpaired) electrons. The third-order valence-corrected chi connectivity index (χ3v) is 10.8. The van der Waals surface area contributed by atoms with Crippen molar-refractivity contribution in [3.8, 4) is 22.8 Å². The molecule has 5 rings (SSSR count). The van der Waals surface area contributed by atoms with Crippen LogP contribution < -0.4 is 25.4 Å². The van der Waals surface area contributed by atoms with E-state index in [1.807, 2.05) is 55.5 Å². The maximum absolute atomic E-state index is 14.3. The van der Waals surface area contributed by atoms with Crippen molar-refractivity contribution >= 4 is 40.6 Å². The molecular formula is C42H54N4O9. The molecule has 2 aliphatic rings. The molecule has 2 saturated carbocycles. The lowest BCUT2D eigenvalue weighted by Gasteiger charge is -2.31. The van der Waals surface area contributed by atoms with E-state index in [0.29, 0.717) is 34.5 Å². The number of esters is 1. The molecule has 3 amide bonds. The first-order chi connectivity index (χ1) is 26.4. The van der Waals surface area contributed by atoms with E-state index < -0.39 is 65.7 Å². The molecule has 2 fully saturated rings. The maximum atomic E-state index is 14.3. The van der Waals surface area contributed by atoms with Gasteiger partial charge in [0, 0.05) is 23.1 Å². The number of pyridine rings is 1. The summed E-state index contributed by atoms with van der Waals surface area (Å²) in [5.41, 5.74) is 2.15. The van der Waals surface area contributed by atoms with Crippen LogP contribution in [0.2, 0.25) is 0 Å². The number of nitrogens with zero attached hydrogens (tertiary/aromatic N) is 1. The summed E-state index contributed by atoms with van der Waals surface area (Å²) in [6.45, 7) is 5.41. The molecule has 0 aliphatic heterocycles. The van der Waals surface area contributed by atoms with Crippen molar-refractivity contribution in [2.45, 2.75) is 103 Å². The van der Waals surface area contributed by atoms with Gasteiger partial charge in [0.1, 0.15) is 35.7 Å². The van der Waals surface area contributed by atoms with Crippen molar-refractivity contribution in [1.29, 1.82) is 0 Å². The Hall–Kier alpha value is -5.20. The topological polar surface area (TPSA) is 182 Å². The van der Waals surface area contributed by atoms with E-state index >= 15 is 0 Å². The minimum Gasteiger partial charge on any atom is -0.497 e. The fourth-order valence-electron chi connectivity index (χ4n) is 7.83. The Morgan fingerprint density at radius 3 is 2.15 bits per heavy atom. The smallest absolute Gasteiger partial charge is 0.328 e. The van der Waals surface area contributed by atoms with Crippen LogP contribution in [-0.2, 0) is 28.7 Å². The Kier molecular flexibility index (Phi) is 14.1. The van der Waals surface area contributed by atoms with Gasteiger partial charge in [0.15, 0.2) is 0 Å². The molecule has 0 unspecified atom stereocenters. The van der Waals surface area contributed by atoms with Gasteiger partial charge in [0.05, 0.1) is 37.3 Å². The fourth-order valence-corrected chi connectivity index (χ4v) is 7.83. The average Bonchev–Trinajstić information content (AvgIpc) is 3.62. The molecule has 1 aromatic heterocycles. The van der Waals surface area contributed by atoms with Crippen LogP contribution in [0.4, 0.5) is 0 Å². The van der Waals surface area contributed by atoms with E-state index in [4.69, 9.17) is 19.2 Å².